The summed E-state index contributed by atoms with van der Waals surface area (Å²) in [5.74, 6) is 0. The second-order valence-corrected chi connectivity index (χ2v) is 6.53. The summed E-state index contributed by atoms with van der Waals surface area (Å²) < 4.78 is 1.58. The summed E-state index contributed by atoms with van der Waals surface area (Å²) in [6, 6.07) is 12.2. The highest BCUT2D eigenvalue weighted by molar-refractivity contribution is 6.35. The third-order valence-corrected chi connectivity index (χ3v) is 4.45. The van der Waals surface area contributed by atoms with Gasteiger partial charge in [-0.2, -0.15) is 5.10 Å². The maximum atomic E-state index is 9.60. The molecule has 3 rings (SSSR count). The average molecular weight is 384 g/mol. The van der Waals surface area contributed by atoms with Crippen LogP contribution in [0.25, 0.3) is 16.9 Å². The smallest absolute Gasteiger partial charge is 0.198 e. The van der Waals surface area contributed by atoms with Crippen molar-refractivity contribution < 1.29 is 10.2 Å². The third-order valence-electron chi connectivity index (χ3n) is 3.66. The van der Waals surface area contributed by atoms with Gasteiger partial charge in [0.25, 0.3) is 0 Å². The van der Waals surface area contributed by atoms with Crippen LogP contribution in [-0.2, 0) is 0 Å². The van der Waals surface area contributed by atoms with Crippen molar-refractivity contribution in [3.63, 3.8) is 0 Å². The van der Waals surface area contributed by atoms with Crippen molar-refractivity contribution in [2.45, 2.75) is 13.2 Å². The Balaban J connectivity index is 2.28. The van der Waals surface area contributed by atoms with Gasteiger partial charge in [0.1, 0.15) is 5.69 Å². The van der Waals surface area contributed by atoms with Crippen molar-refractivity contribution in [3.05, 3.63) is 68.8 Å². The topological polar surface area (TPSA) is 58.3 Å². The summed E-state index contributed by atoms with van der Waals surface area (Å²) in [5.41, 5.74) is 2.90. The number of nitrogens with zero attached hydrogens (tertiary/aromatic N) is 2. The quantitative estimate of drug-likeness (QED) is 0.639. The summed E-state index contributed by atoms with van der Waals surface area (Å²) in [6.07, 6.45) is -1.69. The van der Waals surface area contributed by atoms with Crippen LogP contribution in [0.2, 0.25) is 15.1 Å². The molecule has 24 heavy (non-hydrogen) atoms. The zero-order chi connectivity index (χ0) is 17.4. The van der Waals surface area contributed by atoms with E-state index in [-0.39, 0.29) is 5.69 Å². The van der Waals surface area contributed by atoms with Gasteiger partial charge in [0, 0.05) is 21.2 Å². The van der Waals surface area contributed by atoms with E-state index in [4.69, 9.17) is 34.8 Å². The van der Waals surface area contributed by atoms with Crippen molar-refractivity contribution in [1.29, 1.82) is 0 Å². The Morgan fingerprint density at radius 2 is 1.58 bits per heavy atom. The molecule has 3 aromatic rings. The molecule has 0 saturated carbocycles. The largest absolute Gasteiger partial charge is 0.363 e. The van der Waals surface area contributed by atoms with Gasteiger partial charge in [-0.15, -0.1) is 0 Å². The normalized spacial score (nSPS) is 11.3. The van der Waals surface area contributed by atoms with Gasteiger partial charge in [0.15, 0.2) is 6.29 Å². The minimum atomic E-state index is -1.69. The first kappa shape index (κ1) is 17.3. The van der Waals surface area contributed by atoms with E-state index >= 15 is 0 Å². The highest BCUT2D eigenvalue weighted by Crippen LogP contribution is 2.34. The van der Waals surface area contributed by atoms with Crippen LogP contribution in [0.15, 0.2) is 42.5 Å². The van der Waals surface area contributed by atoms with E-state index < -0.39 is 6.29 Å². The lowest BCUT2D eigenvalue weighted by Gasteiger charge is -2.11. The van der Waals surface area contributed by atoms with E-state index in [0.29, 0.717) is 32.0 Å². The van der Waals surface area contributed by atoms with Crippen LogP contribution in [-0.4, -0.2) is 20.0 Å². The van der Waals surface area contributed by atoms with Crippen LogP contribution in [0.1, 0.15) is 17.5 Å². The number of benzene rings is 2. The molecule has 7 heteroatoms. The van der Waals surface area contributed by atoms with Gasteiger partial charge in [-0.05, 0) is 37.3 Å². The fourth-order valence-electron chi connectivity index (χ4n) is 2.53. The van der Waals surface area contributed by atoms with Crippen LogP contribution >= 0.6 is 34.8 Å². The number of aromatic nitrogens is 2. The zero-order valence-corrected chi connectivity index (χ0v) is 14.8. The Kier molecular flexibility index (Phi) is 4.85. The van der Waals surface area contributed by atoms with Crippen molar-refractivity contribution in [1.82, 2.24) is 9.78 Å². The van der Waals surface area contributed by atoms with Crippen molar-refractivity contribution in [2.24, 2.45) is 0 Å². The molecule has 0 spiro atoms. The van der Waals surface area contributed by atoms with Crippen LogP contribution in [0, 0.1) is 6.92 Å². The number of aliphatic hydroxyl groups excluding tert-OH is 1. The van der Waals surface area contributed by atoms with Gasteiger partial charge in [-0.25, -0.2) is 4.68 Å². The highest BCUT2D eigenvalue weighted by atomic mass is 35.5. The first-order valence-corrected chi connectivity index (χ1v) is 8.19. The Morgan fingerprint density at radius 3 is 2.17 bits per heavy atom. The standard InChI is InChI=1S/C17H13Cl3N2O2/c1-9-15(17(23)24)21-22(14-7-6-12(19)8-13(14)20)16(9)10-2-4-11(18)5-3-10/h2-8,17,23-24H,1H3. The lowest BCUT2D eigenvalue weighted by Crippen LogP contribution is -2.02. The molecule has 0 amide bonds. The van der Waals surface area contributed by atoms with Crippen molar-refractivity contribution >= 4 is 34.8 Å². The molecule has 1 aromatic heterocycles. The van der Waals surface area contributed by atoms with Crippen LogP contribution in [0.3, 0.4) is 0 Å². The fraction of sp³-hybridized carbons (Fsp3) is 0.118. The minimum Gasteiger partial charge on any atom is -0.363 e. The Bertz CT molecular complexity index is 890. The first-order chi connectivity index (χ1) is 11.4. The molecule has 2 aromatic carbocycles. The molecule has 0 saturated heterocycles. The lowest BCUT2D eigenvalue weighted by molar-refractivity contribution is -0.0464. The van der Waals surface area contributed by atoms with Gasteiger partial charge in [-0.3, -0.25) is 0 Å². The van der Waals surface area contributed by atoms with E-state index in [2.05, 4.69) is 5.10 Å². The molecule has 2 N–H and O–H groups in total. The molecule has 0 unspecified atom stereocenters. The van der Waals surface area contributed by atoms with E-state index in [0.717, 1.165) is 5.56 Å². The van der Waals surface area contributed by atoms with Gasteiger partial charge in [-0.1, -0.05) is 46.9 Å². The van der Waals surface area contributed by atoms with Crippen LogP contribution in [0.5, 0.6) is 0 Å². The summed E-state index contributed by atoms with van der Waals surface area (Å²) >= 11 is 18.2. The Labute approximate surface area is 153 Å². The average Bonchev–Trinajstić information content (AvgIpc) is 2.86. The second kappa shape index (κ2) is 6.75. The Hall–Kier alpha value is -1.56. The Morgan fingerprint density at radius 1 is 0.958 bits per heavy atom. The number of rotatable bonds is 3. The maximum absolute atomic E-state index is 9.60. The van der Waals surface area contributed by atoms with E-state index in [1.54, 1.807) is 41.9 Å². The molecular formula is C17H13Cl3N2O2. The second-order valence-electron chi connectivity index (χ2n) is 5.25. The van der Waals surface area contributed by atoms with Crippen LogP contribution in [0.4, 0.5) is 0 Å². The fourth-order valence-corrected chi connectivity index (χ4v) is 3.15. The maximum Gasteiger partial charge on any atom is 0.198 e. The van der Waals surface area contributed by atoms with Gasteiger partial charge < -0.3 is 10.2 Å². The first-order valence-electron chi connectivity index (χ1n) is 7.05. The highest BCUT2D eigenvalue weighted by Gasteiger charge is 2.22. The molecular weight excluding hydrogens is 371 g/mol. The van der Waals surface area contributed by atoms with Crippen molar-refractivity contribution in [2.75, 3.05) is 0 Å². The number of hydrogen-bond donors (Lipinski definition) is 2. The summed E-state index contributed by atoms with van der Waals surface area (Å²) in [5, 5.41) is 25.0. The molecule has 0 aliphatic carbocycles. The van der Waals surface area contributed by atoms with Crippen LogP contribution < -0.4 is 0 Å². The molecule has 0 bridgehead atoms. The molecule has 0 fully saturated rings. The van der Waals surface area contributed by atoms with Gasteiger partial charge >= 0.3 is 0 Å². The van der Waals surface area contributed by atoms with E-state index in [1.807, 2.05) is 12.1 Å². The number of halogens is 3. The predicted octanol–water partition coefficient (Wildman–Crippen LogP) is 4.79. The molecule has 0 atom stereocenters. The molecule has 0 radical (unpaired) electrons. The van der Waals surface area contributed by atoms with E-state index in [1.165, 1.54) is 0 Å². The lowest BCUT2D eigenvalue weighted by atomic mass is 10.1. The minimum absolute atomic E-state index is 0.158. The van der Waals surface area contributed by atoms with Gasteiger partial charge in [0.05, 0.1) is 16.4 Å². The zero-order valence-electron chi connectivity index (χ0n) is 12.5. The SMILES string of the molecule is Cc1c(C(O)O)nn(-c2ccc(Cl)cc2Cl)c1-c1ccc(Cl)cc1. The third kappa shape index (κ3) is 3.16. The molecule has 0 aliphatic heterocycles. The molecule has 124 valence electrons. The summed E-state index contributed by atoms with van der Waals surface area (Å²) in [4.78, 5) is 0. The number of aliphatic hydroxyl groups is 2. The van der Waals surface area contributed by atoms with Crippen molar-refractivity contribution in [3.8, 4) is 16.9 Å². The van der Waals surface area contributed by atoms with E-state index in [9.17, 15) is 10.2 Å². The molecule has 0 aliphatic rings. The summed E-state index contributed by atoms with van der Waals surface area (Å²) in [7, 11) is 0. The predicted molar refractivity (Wildman–Crippen MR) is 95.9 cm³/mol. The monoisotopic (exact) mass is 382 g/mol. The molecule has 4 nitrogen and oxygen atoms in total. The molecule has 1 heterocycles. The van der Waals surface area contributed by atoms with Gasteiger partial charge in [0.2, 0.25) is 0 Å². The summed E-state index contributed by atoms with van der Waals surface area (Å²) in [6.45, 7) is 1.77. The number of hydrogen-bond acceptors (Lipinski definition) is 3.